The Bertz CT molecular complexity index is 663. The Hall–Kier alpha value is -2.02. The van der Waals surface area contributed by atoms with Crippen LogP contribution >= 0.6 is 0 Å². The van der Waals surface area contributed by atoms with E-state index in [4.69, 9.17) is 4.74 Å². The van der Waals surface area contributed by atoms with Gasteiger partial charge in [-0.25, -0.2) is 0 Å². The van der Waals surface area contributed by atoms with Crippen molar-refractivity contribution in [3.8, 4) is 5.75 Å². The molecule has 1 aliphatic rings. The van der Waals surface area contributed by atoms with Crippen LogP contribution in [0.3, 0.4) is 0 Å². The molecule has 1 nitrogen and oxygen atoms in total. The van der Waals surface area contributed by atoms with Crippen LogP contribution in [0.1, 0.15) is 62.1 Å². The highest BCUT2D eigenvalue weighted by atomic mass is 16.5. The van der Waals surface area contributed by atoms with Crippen molar-refractivity contribution in [2.75, 3.05) is 0 Å². The van der Waals surface area contributed by atoms with E-state index in [1.54, 1.807) is 0 Å². The molecule has 1 aliphatic carbocycles. The van der Waals surface area contributed by atoms with Crippen molar-refractivity contribution < 1.29 is 4.74 Å². The van der Waals surface area contributed by atoms with Crippen LogP contribution in [0.4, 0.5) is 0 Å². The smallest absolute Gasteiger partial charge is 0.122 e. The first-order chi connectivity index (χ1) is 12.3. The molecule has 2 aromatic carbocycles. The number of hydrogen-bond donors (Lipinski definition) is 0. The monoisotopic (exact) mass is 334 g/mol. The lowest BCUT2D eigenvalue weighted by Gasteiger charge is -2.17. The molecular formula is C24H30O. The Morgan fingerprint density at radius 3 is 2.48 bits per heavy atom. The summed E-state index contributed by atoms with van der Waals surface area (Å²) in [6, 6.07) is 17.2. The number of benzene rings is 2. The van der Waals surface area contributed by atoms with Crippen LogP contribution in [-0.2, 0) is 13.0 Å². The summed E-state index contributed by atoms with van der Waals surface area (Å²) in [6.07, 6.45) is 13.8. The van der Waals surface area contributed by atoms with Crippen molar-refractivity contribution in [1.82, 2.24) is 0 Å². The maximum absolute atomic E-state index is 6.05. The largest absolute Gasteiger partial charge is 0.489 e. The Morgan fingerprint density at radius 2 is 1.72 bits per heavy atom. The van der Waals surface area contributed by atoms with Crippen molar-refractivity contribution in [2.24, 2.45) is 5.92 Å². The van der Waals surface area contributed by atoms with Gasteiger partial charge >= 0.3 is 0 Å². The number of allylic oxidation sites excluding steroid dienone is 1. The van der Waals surface area contributed by atoms with Crippen molar-refractivity contribution in [3.05, 3.63) is 71.3 Å². The molecule has 1 fully saturated rings. The SMILES string of the molecule is CCCc1ccccc1OCc1ccc(/C=C/C2CCCCC2)cc1. The molecule has 2 aromatic rings. The fourth-order valence-electron chi connectivity index (χ4n) is 3.58. The number of ether oxygens (including phenoxy) is 1. The highest BCUT2D eigenvalue weighted by Gasteiger charge is 2.09. The van der Waals surface area contributed by atoms with Gasteiger partial charge in [0.1, 0.15) is 12.4 Å². The van der Waals surface area contributed by atoms with Crippen LogP contribution in [0.2, 0.25) is 0 Å². The molecule has 0 unspecified atom stereocenters. The Labute approximate surface area is 152 Å². The third-order valence-electron chi connectivity index (χ3n) is 5.08. The topological polar surface area (TPSA) is 9.23 Å². The molecule has 0 aromatic heterocycles. The maximum Gasteiger partial charge on any atom is 0.122 e. The average Bonchev–Trinajstić information content (AvgIpc) is 2.68. The summed E-state index contributed by atoms with van der Waals surface area (Å²) in [6.45, 7) is 2.84. The van der Waals surface area contributed by atoms with Gasteiger partial charge in [0.25, 0.3) is 0 Å². The number of rotatable bonds is 7. The van der Waals surface area contributed by atoms with Gasteiger partial charge in [-0.05, 0) is 47.9 Å². The predicted molar refractivity (Wildman–Crippen MR) is 107 cm³/mol. The molecule has 132 valence electrons. The molecule has 0 amide bonds. The van der Waals surface area contributed by atoms with Gasteiger partial charge in [0.2, 0.25) is 0 Å². The van der Waals surface area contributed by atoms with Crippen LogP contribution in [0, 0.1) is 5.92 Å². The average molecular weight is 335 g/mol. The van der Waals surface area contributed by atoms with E-state index in [2.05, 4.69) is 61.5 Å². The minimum absolute atomic E-state index is 0.632. The van der Waals surface area contributed by atoms with Gasteiger partial charge in [-0.1, -0.05) is 87.2 Å². The van der Waals surface area contributed by atoms with Gasteiger partial charge < -0.3 is 4.74 Å². The standard InChI is InChI=1S/C24H30O/c1-2-8-23-11-6-7-12-24(23)25-19-22-17-15-21(16-18-22)14-13-20-9-4-3-5-10-20/h6-7,11-18,20H,2-5,8-10,19H2,1H3/b14-13+. The van der Waals surface area contributed by atoms with E-state index in [1.807, 2.05) is 6.07 Å². The van der Waals surface area contributed by atoms with E-state index in [1.165, 1.54) is 48.8 Å². The molecule has 0 atom stereocenters. The van der Waals surface area contributed by atoms with Crippen molar-refractivity contribution in [1.29, 1.82) is 0 Å². The zero-order valence-electron chi connectivity index (χ0n) is 15.4. The van der Waals surface area contributed by atoms with Crippen molar-refractivity contribution >= 4 is 6.08 Å². The number of hydrogen-bond acceptors (Lipinski definition) is 1. The molecule has 0 aliphatic heterocycles. The van der Waals surface area contributed by atoms with Gasteiger partial charge in [0, 0.05) is 0 Å². The van der Waals surface area contributed by atoms with Crippen LogP contribution in [0.5, 0.6) is 5.75 Å². The molecule has 0 N–H and O–H groups in total. The molecule has 0 bridgehead atoms. The molecule has 1 saturated carbocycles. The Kier molecular flexibility index (Phi) is 6.73. The van der Waals surface area contributed by atoms with E-state index >= 15 is 0 Å². The lowest BCUT2D eigenvalue weighted by molar-refractivity contribution is 0.303. The van der Waals surface area contributed by atoms with Crippen LogP contribution in [-0.4, -0.2) is 0 Å². The fourth-order valence-corrected chi connectivity index (χ4v) is 3.58. The van der Waals surface area contributed by atoms with Gasteiger partial charge in [0.05, 0.1) is 0 Å². The van der Waals surface area contributed by atoms with Gasteiger partial charge in [-0.3, -0.25) is 0 Å². The van der Waals surface area contributed by atoms with Crippen LogP contribution in [0.15, 0.2) is 54.6 Å². The zero-order valence-corrected chi connectivity index (χ0v) is 15.4. The van der Waals surface area contributed by atoms with E-state index < -0.39 is 0 Å². The van der Waals surface area contributed by atoms with Gasteiger partial charge in [-0.2, -0.15) is 0 Å². The summed E-state index contributed by atoms with van der Waals surface area (Å²) in [4.78, 5) is 0. The molecule has 3 rings (SSSR count). The fraction of sp³-hybridized carbons (Fsp3) is 0.417. The third kappa shape index (κ3) is 5.49. The highest BCUT2D eigenvalue weighted by Crippen LogP contribution is 2.25. The van der Waals surface area contributed by atoms with E-state index in [9.17, 15) is 0 Å². The van der Waals surface area contributed by atoms with Crippen LogP contribution in [0.25, 0.3) is 6.08 Å². The lowest BCUT2D eigenvalue weighted by atomic mass is 9.89. The summed E-state index contributed by atoms with van der Waals surface area (Å²) in [5.41, 5.74) is 3.82. The molecular weight excluding hydrogens is 304 g/mol. The second kappa shape index (κ2) is 9.46. The minimum Gasteiger partial charge on any atom is -0.489 e. The molecule has 25 heavy (non-hydrogen) atoms. The summed E-state index contributed by atoms with van der Waals surface area (Å²) in [5, 5.41) is 0. The zero-order chi connectivity index (χ0) is 17.3. The highest BCUT2D eigenvalue weighted by molar-refractivity contribution is 5.50. The molecule has 0 saturated heterocycles. The van der Waals surface area contributed by atoms with E-state index in [0.29, 0.717) is 6.61 Å². The maximum atomic E-state index is 6.05. The van der Waals surface area contributed by atoms with Gasteiger partial charge in [0.15, 0.2) is 0 Å². The predicted octanol–water partition coefficient (Wildman–Crippen LogP) is 6.81. The molecule has 0 radical (unpaired) electrons. The second-order valence-corrected chi connectivity index (χ2v) is 7.15. The molecule has 0 heterocycles. The molecule has 0 spiro atoms. The van der Waals surface area contributed by atoms with Crippen LogP contribution < -0.4 is 4.74 Å². The summed E-state index contributed by atoms with van der Waals surface area (Å²) in [7, 11) is 0. The normalized spacial score (nSPS) is 15.6. The second-order valence-electron chi connectivity index (χ2n) is 7.15. The first kappa shape index (κ1) is 17.8. The summed E-state index contributed by atoms with van der Waals surface area (Å²) in [5.74, 6) is 1.80. The van der Waals surface area contributed by atoms with Gasteiger partial charge in [-0.15, -0.1) is 0 Å². The van der Waals surface area contributed by atoms with E-state index in [0.717, 1.165) is 24.5 Å². The first-order valence-electron chi connectivity index (χ1n) is 9.83. The number of aryl methyl sites for hydroxylation is 1. The van der Waals surface area contributed by atoms with Crippen molar-refractivity contribution in [2.45, 2.75) is 58.5 Å². The van der Waals surface area contributed by atoms with E-state index in [-0.39, 0.29) is 0 Å². The van der Waals surface area contributed by atoms with Crippen molar-refractivity contribution in [3.63, 3.8) is 0 Å². The lowest BCUT2D eigenvalue weighted by Crippen LogP contribution is -2.02. The quantitative estimate of drug-likeness (QED) is 0.540. The Morgan fingerprint density at radius 1 is 0.960 bits per heavy atom. The molecule has 1 heteroatoms. The summed E-state index contributed by atoms with van der Waals surface area (Å²) < 4.78 is 6.05. The first-order valence-corrected chi connectivity index (χ1v) is 9.83. The number of para-hydroxylation sites is 1. The third-order valence-corrected chi connectivity index (χ3v) is 5.08. The Balaban J connectivity index is 1.55. The summed E-state index contributed by atoms with van der Waals surface area (Å²) >= 11 is 0. The minimum atomic E-state index is 0.632.